The Labute approximate surface area is 120 Å². The van der Waals surface area contributed by atoms with Gasteiger partial charge in [-0.3, -0.25) is 0 Å². The highest BCUT2D eigenvalue weighted by Crippen LogP contribution is 2.18. The Kier molecular flexibility index (Phi) is 5.39. The fourth-order valence-corrected chi connectivity index (χ4v) is 2.84. The summed E-state index contributed by atoms with van der Waals surface area (Å²) in [5.74, 6) is 0.951. The van der Waals surface area contributed by atoms with Crippen LogP contribution in [0.2, 0.25) is 0 Å². The molecule has 0 aliphatic heterocycles. The highest BCUT2D eigenvalue weighted by molar-refractivity contribution is 7.89. The van der Waals surface area contributed by atoms with Crippen LogP contribution in [0.3, 0.4) is 0 Å². The average molecular weight is 298 g/mol. The van der Waals surface area contributed by atoms with E-state index in [-0.39, 0.29) is 5.75 Å². The molecule has 0 unspecified atom stereocenters. The first-order valence-electron chi connectivity index (χ1n) is 6.93. The molecule has 0 bridgehead atoms. The third-order valence-corrected chi connectivity index (χ3v) is 4.66. The maximum absolute atomic E-state index is 11.8. The van der Waals surface area contributed by atoms with Crippen LogP contribution < -0.4 is 14.8 Å². The predicted octanol–water partition coefficient (Wildman–Crippen LogP) is 0.909. The molecule has 112 valence electrons. The van der Waals surface area contributed by atoms with Crippen molar-refractivity contribution in [3.05, 3.63) is 29.8 Å². The summed E-state index contributed by atoms with van der Waals surface area (Å²) >= 11 is 0. The topological polar surface area (TPSA) is 67.4 Å². The first-order valence-corrected chi connectivity index (χ1v) is 8.58. The molecule has 20 heavy (non-hydrogen) atoms. The summed E-state index contributed by atoms with van der Waals surface area (Å²) in [6.07, 6.45) is 3.02. The molecule has 0 atom stereocenters. The quantitative estimate of drug-likeness (QED) is 0.711. The molecule has 1 aromatic rings. The second kappa shape index (κ2) is 7.06. The Hall–Kier alpha value is -1.11. The van der Waals surface area contributed by atoms with Gasteiger partial charge in [-0.2, -0.15) is 0 Å². The van der Waals surface area contributed by atoms with E-state index in [9.17, 15) is 8.42 Å². The lowest BCUT2D eigenvalue weighted by molar-refractivity contribution is 0.414. The molecule has 1 saturated carbocycles. The van der Waals surface area contributed by atoms with Crippen LogP contribution in [-0.4, -0.2) is 40.4 Å². The number of rotatable bonds is 9. The van der Waals surface area contributed by atoms with Crippen molar-refractivity contribution in [2.75, 3.05) is 26.0 Å². The molecule has 5 nitrogen and oxygen atoms in total. The van der Waals surface area contributed by atoms with E-state index in [2.05, 4.69) is 10.0 Å². The maximum Gasteiger partial charge on any atom is 0.212 e. The highest BCUT2D eigenvalue weighted by Gasteiger charge is 2.20. The van der Waals surface area contributed by atoms with Crippen molar-refractivity contribution in [3.63, 3.8) is 0 Å². The van der Waals surface area contributed by atoms with Gasteiger partial charge in [0.2, 0.25) is 10.0 Å². The van der Waals surface area contributed by atoms with Gasteiger partial charge in [0.25, 0.3) is 0 Å². The van der Waals surface area contributed by atoms with Crippen LogP contribution in [-0.2, 0) is 16.4 Å². The van der Waals surface area contributed by atoms with E-state index < -0.39 is 10.0 Å². The number of hydrogen-bond acceptors (Lipinski definition) is 4. The summed E-state index contributed by atoms with van der Waals surface area (Å²) < 4.78 is 31.2. The van der Waals surface area contributed by atoms with Crippen LogP contribution >= 0.6 is 0 Å². The minimum Gasteiger partial charge on any atom is -0.497 e. The van der Waals surface area contributed by atoms with E-state index in [1.165, 1.54) is 12.8 Å². The van der Waals surface area contributed by atoms with Crippen LogP contribution in [0.15, 0.2) is 24.3 Å². The summed E-state index contributed by atoms with van der Waals surface area (Å²) in [5.41, 5.74) is 1.09. The maximum atomic E-state index is 11.8. The monoisotopic (exact) mass is 298 g/mol. The van der Waals surface area contributed by atoms with E-state index in [0.717, 1.165) is 11.3 Å². The minimum absolute atomic E-state index is 0.145. The summed E-state index contributed by atoms with van der Waals surface area (Å²) in [6.45, 7) is 0.959. The number of methoxy groups -OCH3 is 1. The van der Waals surface area contributed by atoms with Crippen LogP contribution in [0.1, 0.15) is 18.4 Å². The van der Waals surface area contributed by atoms with Gasteiger partial charge in [0.05, 0.1) is 12.9 Å². The second-order valence-electron chi connectivity index (χ2n) is 5.04. The molecule has 0 heterocycles. The Morgan fingerprint density at radius 3 is 2.50 bits per heavy atom. The van der Waals surface area contributed by atoms with Crippen LogP contribution in [0.4, 0.5) is 0 Å². The molecule has 0 saturated heterocycles. The standard InChI is InChI=1S/C14H22N2O3S/c1-19-14-6-2-12(3-7-14)8-9-16-20(17,18)11-10-15-13-4-5-13/h2-3,6-7,13,15-16H,4-5,8-11H2,1H3. The minimum atomic E-state index is -3.17. The number of ether oxygens (including phenoxy) is 1. The van der Waals surface area contributed by atoms with Crippen LogP contribution in [0.25, 0.3) is 0 Å². The van der Waals surface area contributed by atoms with E-state index in [1.54, 1.807) is 7.11 Å². The molecular formula is C14H22N2O3S. The molecule has 1 fully saturated rings. The SMILES string of the molecule is COc1ccc(CCNS(=O)(=O)CCNC2CC2)cc1. The Morgan fingerprint density at radius 2 is 1.90 bits per heavy atom. The zero-order valence-corrected chi connectivity index (χ0v) is 12.6. The zero-order valence-electron chi connectivity index (χ0n) is 11.8. The lowest BCUT2D eigenvalue weighted by Crippen LogP contribution is -2.33. The van der Waals surface area contributed by atoms with E-state index in [1.807, 2.05) is 24.3 Å². The van der Waals surface area contributed by atoms with Gasteiger partial charge in [-0.25, -0.2) is 13.1 Å². The summed E-state index contributed by atoms with van der Waals surface area (Å²) in [4.78, 5) is 0. The van der Waals surface area contributed by atoms with Crippen molar-refractivity contribution in [3.8, 4) is 5.75 Å². The van der Waals surface area contributed by atoms with Crippen LogP contribution in [0, 0.1) is 0 Å². The number of benzene rings is 1. The third-order valence-electron chi connectivity index (χ3n) is 3.28. The van der Waals surface area contributed by atoms with Gasteiger partial charge in [0, 0.05) is 19.1 Å². The summed E-state index contributed by atoms with van der Waals surface area (Å²) in [7, 11) is -1.55. The fourth-order valence-electron chi connectivity index (χ4n) is 1.90. The van der Waals surface area contributed by atoms with Gasteiger partial charge in [-0.05, 0) is 37.0 Å². The molecule has 0 amide bonds. The predicted molar refractivity (Wildman–Crippen MR) is 79.5 cm³/mol. The van der Waals surface area contributed by atoms with Gasteiger partial charge in [0.15, 0.2) is 0 Å². The van der Waals surface area contributed by atoms with E-state index in [0.29, 0.717) is 25.6 Å². The Balaban J connectivity index is 1.67. The molecule has 1 aliphatic rings. The van der Waals surface area contributed by atoms with Crippen molar-refractivity contribution in [2.24, 2.45) is 0 Å². The third kappa shape index (κ3) is 5.48. The molecule has 0 spiro atoms. The summed E-state index contributed by atoms with van der Waals surface area (Å²) in [5, 5.41) is 3.20. The van der Waals surface area contributed by atoms with Gasteiger partial charge < -0.3 is 10.1 Å². The van der Waals surface area contributed by atoms with Gasteiger partial charge in [-0.15, -0.1) is 0 Å². The smallest absolute Gasteiger partial charge is 0.212 e. The average Bonchev–Trinajstić information content (AvgIpc) is 3.23. The number of hydrogen-bond donors (Lipinski definition) is 2. The fraction of sp³-hybridized carbons (Fsp3) is 0.571. The van der Waals surface area contributed by atoms with Gasteiger partial charge in [-0.1, -0.05) is 12.1 Å². The zero-order chi connectivity index (χ0) is 14.4. The van der Waals surface area contributed by atoms with Crippen LogP contribution in [0.5, 0.6) is 5.75 Å². The van der Waals surface area contributed by atoms with E-state index >= 15 is 0 Å². The van der Waals surface area contributed by atoms with Crippen molar-refractivity contribution in [1.82, 2.24) is 10.0 Å². The van der Waals surface area contributed by atoms with E-state index in [4.69, 9.17) is 4.74 Å². The molecule has 1 aromatic carbocycles. The molecule has 2 N–H and O–H groups in total. The highest BCUT2D eigenvalue weighted by atomic mass is 32.2. The first kappa shape index (κ1) is 15.3. The largest absolute Gasteiger partial charge is 0.497 e. The molecular weight excluding hydrogens is 276 g/mol. The number of nitrogens with one attached hydrogen (secondary N) is 2. The molecule has 1 aliphatic carbocycles. The normalized spacial score (nSPS) is 15.2. The Bertz CT molecular complexity index is 510. The second-order valence-corrected chi connectivity index (χ2v) is 6.97. The van der Waals surface area contributed by atoms with Crippen molar-refractivity contribution >= 4 is 10.0 Å². The molecule has 6 heteroatoms. The van der Waals surface area contributed by atoms with Gasteiger partial charge in [0.1, 0.15) is 5.75 Å². The number of sulfonamides is 1. The first-order chi connectivity index (χ1) is 9.59. The molecule has 2 rings (SSSR count). The lowest BCUT2D eigenvalue weighted by atomic mass is 10.1. The molecule has 0 radical (unpaired) electrons. The van der Waals surface area contributed by atoms with Crippen molar-refractivity contribution in [1.29, 1.82) is 0 Å². The van der Waals surface area contributed by atoms with Gasteiger partial charge >= 0.3 is 0 Å². The summed E-state index contributed by atoms with van der Waals surface area (Å²) in [6, 6.07) is 8.19. The lowest BCUT2D eigenvalue weighted by Gasteiger charge is -2.08. The van der Waals surface area contributed by atoms with Crippen molar-refractivity contribution < 1.29 is 13.2 Å². The Morgan fingerprint density at radius 1 is 1.20 bits per heavy atom. The molecule has 0 aromatic heterocycles. The van der Waals surface area contributed by atoms with Crippen molar-refractivity contribution in [2.45, 2.75) is 25.3 Å².